The van der Waals surface area contributed by atoms with Gasteiger partial charge in [0.15, 0.2) is 0 Å². The SMILES string of the molecule is Oc1ccc(C=Nc2cc(Cl)ccc2O)c(O)c1. The molecule has 2 aromatic carbocycles. The van der Waals surface area contributed by atoms with E-state index < -0.39 is 0 Å². The van der Waals surface area contributed by atoms with Crippen molar-refractivity contribution in [2.75, 3.05) is 0 Å². The van der Waals surface area contributed by atoms with E-state index in [0.29, 0.717) is 16.3 Å². The largest absolute Gasteiger partial charge is 0.508 e. The van der Waals surface area contributed by atoms with E-state index in [-0.39, 0.29) is 17.2 Å². The first-order chi connectivity index (χ1) is 8.56. The molecule has 0 aliphatic rings. The highest BCUT2D eigenvalue weighted by Crippen LogP contribution is 2.29. The Labute approximate surface area is 108 Å². The molecule has 0 unspecified atom stereocenters. The summed E-state index contributed by atoms with van der Waals surface area (Å²) in [6, 6.07) is 8.64. The Morgan fingerprint density at radius 2 is 1.72 bits per heavy atom. The van der Waals surface area contributed by atoms with E-state index >= 15 is 0 Å². The van der Waals surface area contributed by atoms with Crippen LogP contribution in [0.3, 0.4) is 0 Å². The predicted octanol–water partition coefficient (Wildman–Crippen LogP) is 3.21. The number of nitrogens with zero attached hydrogens (tertiary/aromatic N) is 1. The van der Waals surface area contributed by atoms with Crippen LogP contribution in [0, 0.1) is 0 Å². The van der Waals surface area contributed by atoms with Crippen molar-refractivity contribution in [1.82, 2.24) is 0 Å². The topological polar surface area (TPSA) is 73.1 Å². The summed E-state index contributed by atoms with van der Waals surface area (Å²) in [5.41, 5.74) is 0.724. The summed E-state index contributed by atoms with van der Waals surface area (Å²) in [6.07, 6.45) is 1.38. The number of phenolic OH excluding ortho intramolecular Hbond substituents is 3. The van der Waals surface area contributed by atoms with Gasteiger partial charge in [-0.05, 0) is 30.3 Å². The maximum Gasteiger partial charge on any atom is 0.141 e. The van der Waals surface area contributed by atoms with Crippen molar-refractivity contribution in [1.29, 1.82) is 0 Å². The normalized spacial score (nSPS) is 10.9. The van der Waals surface area contributed by atoms with Crippen molar-refractivity contribution in [3.8, 4) is 17.2 Å². The van der Waals surface area contributed by atoms with Crippen LogP contribution in [0.5, 0.6) is 17.2 Å². The zero-order valence-corrected chi connectivity index (χ0v) is 9.96. The van der Waals surface area contributed by atoms with Crippen LogP contribution in [0.15, 0.2) is 41.4 Å². The lowest BCUT2D eigenvalue weighted by Crippen LogP contribution is -1.81. The molecular weight excluding hydrogens is 254 g/mol. The monoisotopic (exact) mass is 263 g/mol. The molecule has 0 bridgehead atoms. The summed E-state index contributed by atoms with van der Waals surface area (Å²) in [6.45, 7) is 0. The molecule has 18 heavy (non-hydrogen) atoms. The number of aliphatic imine (C=N–C) groups is 1. The fourth-order valence-corrected chi connectivity index (χ4v) is 1.55. The van der Waals surface area contributed by atoms with Crippen molar-refractivity contribution in [3.05, 3.63) is 47.0 Å². The van der Waals surface area contributed by atoms with Gasteiger partial charge >= 0.3 is 0 Å². The maximum absolute atomic E-state index is 9.55. The van der Waals surface area contributed by atoms with Gasteiger partial charge in [0, 0.05) is 22.9 Å². The molecule has 4 nitrogen and oxygen atoms in total. The molecule has 0 saturated carbocycles. The lowest BCUT2D eigenvalue weighted by Gasteiger charge is -2.01. The molecule has 0 atom stereocenters. The second-order valence-electron chi connectivity index (χ2n) is 3.63. The average Bonchev–Trinajstić information content (AvgIpc) is 2.32. The number of hydrogen-bond donors (Lipinski definition) is 3. The summed E-state index contributed by atoms with van der Waals surface area (Å²) < 4.78 is 0. The Balaban J connectivity index is 2.32. The molecular formula is C13H10ClNO3. The molecule has 0 radical (unpaired) electrons. The molecule has 2 rings (SSSR count). The Morgan fingerprint density at radius 1 is 0.944 bits per heavy atom. The van der Waals surface area contributed by atoms with Crippen LogP contribution in [-0.4, -0.2) is 21.5 Å². The third-order valence-corrected chi connectivity index (χ3v) is 2.53. The van der Waals surface area contributed by atoms with E-state index in [4.69, 9.17) is 16.7 Å². The second-order valence-corrected chi connectivity index (χ2v) is 4.07. The molecule has 92 valence electrons. The Hall–Kier alpha value is -2.20. The maximum atomic E-state index is 9.55. The lowest BCUT2D eigenvalue weighted by molar-refractivity contribution is 0.450. The zero-order chi connectivity index (χ0) is 13.1. The first kappa shape index (κ1) is 12.3. The molecule has 0 saturated heterocycles. The van der Waals surface area contributed by atoms with Gasteiger partial charge in [0.05, 0.1) is 0 Å². The molecule has 3 N–H and O–H groups in total. The van der Waals surface area contributed by atoms with Gasteiger partial charge in [0.1, 0.15) is 22.9 Å². The Kier molecular flexibility index (Phi) is 3.39. The van der Waals surface area contributed by atoms with Crippen LogP contribution in [0.4, 0.5) is 5.69 Å². The summed E-state index contributed by atoms with van der Waals surface area (Å²) in [7, 11) is 0. The standard InChI is InChI=1S/C13H10ClNO3/c14-9-2-4-12(17)11(5-9)15-7-8-1-3-10(16)6-13(8)18/h1-7,16-18H. The molecule has 5 heteroatoms. The first-order valence-electron chi connectivity index (χ1n) is 5.11. The summed E-state index contributed by atoms with van der Waals surface area (Å²) in [5, 5.41) is 28.7. The zero-order valence-electron chi connectivity index (χ0n) is 9.21. The highest BCUT2D eigenvalue weighted by Gasteiger charge is 2.02. The van der Waals surface area contributed by atoms with Crippen molar-refractivity contribution in [2.24, 2.45) is 4.99 Å². The number of aromatic hydroxyl groups is 3. The van der Waals surface area contributed by atoms with Crippen LogP contribution < -0.4 is 0 Å². The van der Waals surface area contributed by atoms with Gasteiger partial charge in [0.2, 0.25) is 0 Å². The minimum Gasteiger partial charge on any atom is -0.508 e. The van der Waals surface area contributed by atoms with Crippen molar-refractivity contribution in [2.45, 2.75) is 0 Å². The van der Waals surface area contributed by atoms with Crippen LogP contribution in [0.1, 0.15) is 5.56 Å². The average molecular weight is 264 g/mol. The smallest absolute Gasteiger partial charge is 0.141 e. The molecule has 0 aliphatic carbocycles. The van der Waals surface area contributed by atoms with Gasteiger partial charge in [-0.1, -0.05) is 11.6 Å². The highest BCUT2D eigenvalue weighted by atomic mass is 35.5. The highest BCUT2D eigenvalue weighted by molar-refractivity contribution is 6.30. The quantitative estimate of drug-likeness (QED) is 0.729. The first-order valence-corrected chi connectivity index (χ1v) is 5.48. The van der Waals surface area contributed by atoms with Crippen LogP contribution in [-0.2, 0) is 0 Å². The number of rotatable bonds is 2. The van der Waals surface area contributed by atoms with E-state index in [1.165, 1.54) is 36.5 Å². The molecule has 0 spiro atoms. The minimum absolute atomic E-state index is 0.00563. The van der Waals surface area contributed by atoms with Crippen molar-refractivity contribution < 1.29 is 15.3 Å². The predicted molar refractivity (Wildman–Crippen MR) is 70.1 cm³/mol. The fraction of sp³-hybridized carbons (Fsp3) is 0. The summed E-state index contributed by atoms with van der Waals surface area (Å²) in [5.74, 6) is -0.135. The minimum atomic E-state index is -0.0970. The second kappa shape index (κ2) is 4.98. The van der Waals surface area contributed by atoms with Gasteiger partial charge in [0.25, 0.3) is 0 Å². The number of hydrogen-bond acceptors (Lipinski definition) is 4. The van der Waals surface area contributed by atoms with E-state index in [0.717, 1.165) is 0 Å². The fourth-order valence-electron chi connectivity index (χ4n) is 1.38. The number of phenols is 3. The van der Waals surface area contributed by atoms with Crippen LogP contribution >= 0.6 is 11.6 Å². The van der Waals surface area contributed by atoms with Crippen molar-refractivity contribution in [3.63, 3.8) is 0 Å². The lowest BCUT2D eigenvalue weighted by atomic mass is 10.2. The molecule has 0 amide bonds. The van der Waals surface area contributed by atoms with Gasteiger partial charge in [-0.2, -0.15) is 0 Å². The van der Waals surface area contributed by atoms with Gasteiger partial charge in [-0.15, -0.1) is 0 Å². The molecule has 0 aromatic heterocycles. The third kappa shape index (κ3) is 2.73. The van der Waals surface area contributed by atoms with E-state index in [9.17, 15) is 10.2 Å². The summed E-state index contributed by atoms with van der Waals surface area (Å²) in [4.78, 5) is 4.03. The Morgan fingerprint density at radius 3 is 2.44 bits per heavy atom. The summed E-state index contributed by atoms with van der Waals surface area (Å²) >= 11 is 5.78. The van der Waals surface area contributed by atoms with E-state index in [1.54, 1.807) is 6.07 Å². The molecule has 0 heterocycles. The number of halogens is 1. The van der Waals surface area contributed by atoms with Crippen LogP contribution in [0.2, 0.25) is 5.02 Å². The number of benzene rings is 2. The van der Waals surface area contributed by atoms with Gasteiger partial charge < -0.3 is 15.3 Å². The molecule has 0 aliphatic heterocycles. The third-order valence-electron chi connectivity index (χ3n) is 2.29. The van der Waals surface area contributed by atoms with Gasteiger partial charge in [-0.3, -0.25) is 4.99 Å². The molecule has 0 fully saturated rings. The van der Waals surface area contributed by atoms with Crippen LogP contribution in [0.25, 0.3) is 0 Å². The Bertz CT molecular complexity index is 611. The van der Waals surface area contributed by atoms with E-state index in [1.807, 2.05) is 0 Å². The van der Waals surface area contributed by atoms with E-state index in [2.05, 4.69) is 4.99 Å². The van der Waals surface area contributed by atoms with Gasteiger partial charge in [-0.25, -0.2) is 0 Å². The molecule has 2 aromatic rings. The van der Waals surface area contributed by atoms with Crippen molar-refractivity contribution >= 4 is 23.5 Å².